The van der Waals surface area contributed by atoms with Crippen LogP contribution in [0.25, 0.3) is 0 Å². The summed E-state index contributed by atoms with van der Waals surface area (Å²) in [6.07, 6.45) is 1.70. The highest BCUT2D eigenvalue weighted by molar-refractivity contribution is 5.97. The molecule has 1 aliphatic rings. The van der Waals surface area contributed by atoms with Gasteiger partial charge in [0.2, 0.25) is 11.8 Å². The maximum atomic E-state index is 13.3. The first-order valence-electron chi connectivity index (χ1n) is 7.40. The number of nitrogens with one attached hydrogen (secondary N) is 1. The molecule has 5 nitrogen and oxygen atoms in total. The fourth-order valence-corrected chi connectivity index (χ4v) is 2.65. The van der Waals surface area contributed by atoms with Crippen molar-refractivity contribution < 1.29 is 18.4 Å². The van der Waals surface area contributed by atoms with Gasteiger partial charge >= 0.3 is 0 Å². The fourth-order valence-electron chi connectivity index (χ4n) is 2.65. The Balaban J connectivity index is 1.64. The summed E-state index contributed by atoms with van der Waals surface area (Å²) in [7, 11) is 0. The summed E-state index contributed by atoms with van der Waals surface area (Å²) in [5, 5.41) is 2.71. The summed E-state index contributed by atoms with van der Waals surface area (Å²) < 4.78 is 18.5. The van der Waals surface area contributed by atoms with E-state index >= 15 is 0 Å². The van der Waals surface area contributed by atoms with Gasteiger partial charge in [0.15, 0.2) is 0 Å². The van der Waals surface area contributed by atoms with Crippen molar-refractivity contribution in [3.63, 3.8) is 0 Å². The van der Waals surface area contributed by atoms with Crippen LogP contribution in [0.5, 0.6) is 0 Å². The molecular weight excluding hydrogens is 299 g/mol. The van der Waals surface area contributed by atoms with Gasteiger partial charge in [-0.3, -0.25) is 9.59 Å². The second kappa shape index (κ2) is 6.24. The van der Waals surface area contributed by atoms with Crippen molar-refractivity contribution in [2.45, 2.75) is 19.9 Å². The topological polar surface area (TPSA) is 62.6 Å². The molecule has 0 unspecified atom stereocenters. The van der Waals surface area contributed by atoms with E-state index < -0.39 is 11.7 Å². The second-order valence-electron chi connectivity index (χ2n) is 5.70. The minimum Gasteiger partial charge on any atom is -0.467 e. The number of rotatable bonds is 4. The van der Waals surface area contributed by atoms with Gasteiger partial charge in [-0.15, -0.1) is 0 Å². The van der Waals surface area contributed by atoms with Crippen LogP contribution in [-0.2, 0) is 16.1 Å². The molecule has 1 aliphatic heterocycles. The molecule has 0 saturated carbocycles. The van der Waals surface area contributed by atoms with E-state index in [1.54, 1.807) is 36.3 Å². The largest absolute Gasteiger partial charge is 0.467 e. The Morgan fingerprint density at radius 2 is 2.26 bits per heavy atom. The summed E-state index contributed by atoms with van der Waals surface area (Å²) >= 11 is 0. The monoisotopic (exact) mass is 316 g/mol. The number of hydrogen-bond acceptors (Lipinski definition) is 3. The van der Waals surface area contributed by atoms with Crippen LogP contribution < -0.4 is 5.32 Å². The van der Waals surface area contributed by atoms with Crippen LogP contribution in [0.2, 0.25) is 0 Å². The Labute approximate surface area is 133 Å². The molecule has 1 fully saturated rings. The number of furan rings is 1. The number of carbonyl (C=O) groups excluding carboxylic acids is 2. The van der Waals surface area contributed by atoms with E-state index in [0.717, 1.165) is 5.56 Å². The van der Waals surface area contributed by atoms with Gasteiger partial charge in [-0.1, -0.05) is 6.07 Å². The number of hydrogen-bond donors (Lipinski definition) is 1. The first-order chi connectivity index (χ1) is 11.0. The molecule has 2 heterocycles. The summed E-state index contributed by atoms with van der Waals surface area (Å²) in [5.41, 5.74) is 1.21. The van der Waals surface area contributed by atoms with Crippen LogP contribution in [0.1, 0.15) is 17.7 Å². The molecule has 1 atom stereocenters. The molecule has 0 spiro atoms. The average molecular weight is 316 g/mol. The van der Waals surface area contributed by atoms with E-state index in [1.165, 1.54) is 12.1 Å². The van der Waals surface area contributed by atoms with E-state index in [4.69, 9.17) is 4.42 Å². The summed E-state index contributed by atoms with van der Waals surface area (Å²) in [5.74, 6) is -0.528. The normalized spacial score (nSPS) is 17.6. The zero-order valence-electron chi connectivity index (χ0n) is 12.7. The van der Waals surface area contributed by atoms with Crippen molar-refractivity contribution in [3.05, 3.63) is 53.7 Å². The van der Waals surface area contributed by atoms with Crippen molar-refractivity contribution in [1.29, 1.82) is 0 Å². The molecule has 120 valence electrons. The number of nitrogens with zero attached hydrogens (tertiary/aromatic N) is 1. The zero-order chi connectivity index (χ0) is 16.4. The summed E-state index contributed by atoms with van der Waals surface area (Å²) in [6.45, 7) is 2.48. The lowest BCUT2D eigenvalue weighted by molar-refractivity contribution is -0.128. The third kappa shape index (κ3) is 3.41. The van der Waals surface area contributed by atoms with Gasteiger partial charge in [0, 0.05) is 18.7 Å². The molecule has 1 aromatic heterocycles. The lowest BCUT2D eigenvalue weighted by Crippen LogP contribution is -2.28. The maximum absolute atomic E-state index is 13.3. The third-order valence-electron chi connectivity index (χ3n) is 3.97. The van der Waals surface area contributed by atoms with Gasteiger partial charge in [-0.05, 0) is 36.8 Å². The molecule has 3 rings (SSSR count). The number of anilines is 1. The van der Waals surface area contributed by atoms with E-state index in [1.807, 2.05) is 0 Å². The van der Waals surface area contributed by atoms with Crippen LogP contribution >= 0.6 is 0 Å². The third-order valence-corrected chi connectivity index (χ3v) is 3.97. The summed E-state index contributed by atoms with van der Waals surface area (Å²) in [4.78, 5) is 26.0. The highest BCUT2D eigenvalue weighted by Gasteiger charge is 2.34. The van der Waals surface area contributed by atoms with Crippen LogP contribution in [0.3, 0.4) is 0 Å². The van der Waals surface area contributed by atoms with Crippen molar-refractivity contribution in [2.24, 2.45) is 5.92 Å². The lowest BCUT2D eigenvalue weighted by atomic mass is 10.1. The Hall–Kier alpha value is -2.63. The number of carbonyl (C=O) groups is 2. The molecule has 0 radical (unpaired) electrons. The summed E-state index contributed by atoms with van der Waals surface area (Å²) in [6, 6.07) is 7.78. The quantitative estimate of drug-likeness (QED) is 0.943. The van der Waals surface area contributed by atoms with Crippen LogP contribution in [0, 0.1) is 18.7 Å². The van der Waals surface area contributed by atoms with Crippen molar-refractivity contribution in [1.82, 2.24) is 4.90 Å². The molecule has 1 aromatic carbocycles. The number of benzene rings is 1. The Morgan fingerprint density at radius 1 is 1.43 bits per heavy atom. The Kier molecular flexibility index (Phi) is 4.14. The second-order valence-corrected chi connectivity index (χ2v) is 5.70. The SMILES string of the molecule is Cc1ccc(F)cc1NC(=O)[C@H]1CC(=O)N(Cc2ccco2)C1. The predicted octanol–water partition coefficient (Wildman–Crippen LogP) is 2.71. The van der Waals surface area contributed by atoms with Crippen molar-refractivity contribution >= 4 is 17.5 Å². The van der Waals surface area contributed by atoms with E-state index in [2.05, 4.69) is 5.32 Å². The smallest absolute Gasteiger partial charge is 0.229 e. The molecule has 6 heteroatoms. The molecule has 0 bridgehead atoms. The highest BCUT2D eigenvalue weighted by Crippen LogP contribution is 2.23. The molecule has 1 N–H and O–H groups in total. The zero-order valence-corrected chi connectivity index (χ0v) is 12.7. The molecule has 0 aliphatic carbocycles. The maximum Gasteiger partial charge on any atom is 0.229 e. The van der Waals surface area contributed by atoms with Gasteiger partial charge in [0.25, 0.3) is 0 Å². The van der Waals surface area contributed by atoms with Gasteiger partial charge in [-0.2, -0.15) is 0 Å². The van der Waals surface area contributed by atoms with Gasteiger partial charge in [-0.25, -0.2) is 4.39 Å². The standard InChI is InChI=1S/C17H17FN2O3/c1-11-4-5-13(18)8-15(11)19-17(22)12-7-16(21)20(9-12)10-14-3-2-6-23-14/h2-6,8,12H,7,9-10H2,1H3,(H,19,22)/t12-/m0/s1. The first-order valence-corrected chi connectivity index (χ1v) is 7.40. The van der Waals surface area contributed by atoms with E-state index in [9.17, 15) is 14.0 Å². The fraction of sp³-hybridized carbons (Fsp3) is 0.294. The van der Waals surface area contributed by atoms with Gasteiger partial charge < -0.3 is 14.6 Å². The number of halogens is 1. The van der Waals surface area contributed by atoms with E-state index in [-0.39, 0.29) is 18.2 Å². The Bertz CT molecular complexity index is 727. The molecule has 2 aromatic rings. The van der Waals surface area contributed by atoms with Crippen LogP contribution in [-0.4, -0.2) is 23.3 Å². The number of aryl methyl sites for hydroxylation is 1. The molecule has 23 heavy (non-hydrogen) atoms. The van der Waals surface area contributed by atoms with Gasteiger partial charge in [0.1, 0.15) is 11.6 Å². The Morgan fingerprint density at radius 3 is 3.00 bits per heavy atom. The average Bonchev–Trinajstić information content (AvgIpc) is 3.14. The lowest BCUT2D eigenvalue weighted by Gasteiger charge is -2.15. The first kappa shape index (κ1) is 15.3. The molecule has 2 amide bonds. The molecule has 1 saturated heterocycles. The minimum atomic E-state index is -0.444. The minimum absolute atomic E-state index is 0.0856. The van der Waals surface area contributed by atoms with Crippen molar-refractivity contribution in [2.75, 3.05) is 11.9 Å². The number of amides is 2. The van der Waals surface area contributed by atoms with Gasteiger partial charge in [0.05, 0.1) is 18.7 Å². The number of likely N-dealkylation sites (tertiary alicyclic amines) is 1. The molecular formula is C17H17FN2O3. The van der Waals surface area contributed by atoms with Crippen LogP contribution in [0.4, 0.5) is 10.1 Å². The van der Waals surface area contributed by atoms with Crippen molar-refractivity contribution in [3.8, 4) is 0 Å². The highest BCUT2D eigenvalue weighted by atomic mass is 19.1. The van der Waals surface area contributed by atoms with Crippen LogP contribution in [0.15, 0.2) is 41.0 Å². The van der Waals surface area contributed by atoms with E-state index in [0.29, 0.717) is 24.5 Å². The predicted molar refractivity (Wildman–Crippen MR) is 82.0 cm³/mol.